The number of hydrogen-bond acceptors (Lipinski definition) is 4. The fourth-order valence-electron chi connectivity index (χ4n) is 1.18. The van der Waals surface area contributed by atoms with Gasteiger partial charge in [0, 0.05) is 20.0 Å². The molecule has 0 aliphatic rings. The van der Waals surface area contributed by atoms with Gasteiger partial charge >= 0.3 is 0 Å². The third kappa shape index (κ3) is 4.75. The minimum absolute atomic E-state index is 0.0879. The number of pyridine rings is 1. The first-order valence-electron chi connectivity index (χ1n) is 5.20. The number of likely N-dealkylation sites (N-methyl/N-ethyl adjacent to an activating group) is 1. The third-order valence-electron chi connectivity index (χ3n) is 1.95. The summed E-state index contributed by atoms with van der Waals surface area (Å²) in [6.07, 6.45) is 1.64. The van der Waals surface area contributed by atoms with Crippen LogP contribution in [-0.4, -0.2) is 43.0 Å². The normalized spacial score (nSPS) is 10.2. The fourth-order valence-corrected chi connectivity index (χ4v) is 1.18. The minimum Gasteiger partial charge on any atom is -0.369 e. The van der Waals surface area contributed by atoms with Crippen molar-refractivity contribution in [2.24, 2.45) is 0 Å². The van der Waals surface area contributed by atoms with Crippen LogP contribution in [0.2, 0.25) is 0 Å². The average molecular weight is 222 g/mol. The lowest BCUT2D eigenvalue weighted by molar-refractivity contribution is -0.114. The van der Waals surface area contributed by atoms with Gasteiger partial charge in [0.1, 0.15) is 5.82 Å². The van der Waals surface area contributed by atoms with Gasteiger partial charge in [-0.1, -0.05) is 0 Å². The van der Waals surface area contributed by atoms with Crippen molar-refractivity contribution in [3.63, 3.8) is 0 Å². The molecule has 5 heteroatoms. The largest absolute Gasteiger partial charge is 0.369 e. The molecular formula is C11H18N4O. The zero-order valence-electron chi connectivity index (χ0n) is 9.95. The van der Waals surface area contributed by atoms with E-state index in [1.807, 2.05) is 26.2 Å². The van der Waals surface area contributed by atoms with Crippen molar-refractivity contribution >= 4 is 17.4 Å². The van der Waals surface area contributed by atoms with Crippen LogP contribution in [0.4, 0.5) is 11.5 Å². The Morgan fingerprint density at radius 1 is 1.44 bits per heavy atom. The maximum absolute atomic E-state index is 10.8. The van der Waals surface area contributed by atoms with Crippen molar-refractivity contribution in [1.29, 1.82) is 0 Å². The number of anilines is 2. The molecule has 0 bridgehead atoms. The van der Waals surface area contributed by atoms with E-state index >= 15 is 0 Å². The standard InChI is InChI=1S/C11H18N4O/c1-9(16)14-10-4-5-11(13-8-10)12-6-7-15(2)3/h4-5,8H,6-7H2,1-3H3,(H,12,13)(H,14,16). The lowest BCUT2D eigenvalue weighted by atomic mass is 10.4. The maximum atomic E-state index is 10.8. The van der Waals surface area contributed by atoms with Crippen LogP contribution < -0.4 is 10.6 Å². The van der Waals surface area contributed by atoms with Crippen LogP contribution in [0, 0.1) is 0 Å². The first-order chi connectivity index (χ1) is 7.58. The summed E-state index contributed by atoms with van der Waals surface area (Å²) in [5, 5.41) is 5.86. The highest BCUT2D eigenvalue weighted by Crippen LogP contribution is 2.08. The van der Waals surface area contributed by atoms with Gasteiger partial charge in [-0.15, -0.1) is 0 Å². The zero-order chi connectivity index (χ0) is 12.0. The molecule has 0 spiro atoms. The van der Waals surface area contributed by atoms with Gasteiger partial charge in [-0.25, -0.2) is 4.98 Å². The predicted molar refractivity (Wildman–Crippen MR) is 65.6 cm³/mol. The van der Waals surface area contributed by atoms with E-state index in [1.165, 1.54) is 6.92 Å². The Balaban J connectivity index is 2.42. The smallest absolute Gasteiger partial charge is 0.221 e. The summed E-state index contributed by atoms with van der Waals surface area (Å²) in [7, 11) is 4.05. The Morgan fingerprint density at radius 3 is 2.69 bits per heavy atom. The molecule has 2 N–H and O–H groups in total. The van der Waals surface area contributed by atoms with E-state index in [9.17, 15) is 4.79 Å². The molecule has 1 aromatic rings. The zero-order valence-corrected chi connectivity index (χ0v) is 9.95. The molecule has 0 aliphatic heterocycles. The molecule has 0 radical (unpaired) electrons. The molecule has 16 heavy (non-hydrogen) atoms. The molecular weight excluding hydrogens is 204 g/mol. The minimum atomic E-state index is -0.0879. The Hall–Kier alpha value is -1.62. The van der Waals surface area contributed by atoms with Crippen LogP contribution in [0.3, 0.4) is 0 Å². The quantitative estimate of drug-likeness (QED) is 0.780. The molecule has 0 unspecified atom stereocenters. The van der Waals surface area contributed by atoms with Crippen molar-refractivity contribution in [1.82, 2.24) is 9.88 Å². The number of rotatable bonds is 5. The summed E-state index contributed by atoms with van der Waals surface area (Å²) in [6.45, 7) is 3.28. The van der Waals surface area contributed by atoms with Gasteiger partial charge in [0.25, 0.3) is 0 Å². The number of nitrogens with zero attached hydrogens (tertiary/aromatic N) is 2. The van der Waals surface area contributed by atoms with Gasteiger partial charge in [0.2, 0.25) is 5.91 Å². The van der Waals surface area contributed by atoms with Crippen molar-refractivity contribution in [2.75, 3.05) is 37.8 Å². The topological polar surface area (TPSA) is 57.3 Å². The number of hydrogen-bond donors (Lipinski definition) is 2. The number of amides is 1. The summed E-state index contributed by atoms with van der Waals surface area (Å²) < 4.78 is 0. The van der Waals surface area contributed by atoms with Gasteiger partial charge in [-0.3, -0.25) is 4.79 Å². The summed E-state index contributed by atoms with van der Waals surface area (Å²) >= 11 is 0. The van der Waals surface area contributed by atoms with E-state index in [2.05, 4.69) is 20.5 Å². The number of aromatic nitrogens is 1. The van der Waals surface area contributed by atoms with Crippen LogP contribution in [0.5, 0.6) is 0 Å². The summed E-state index contributed by atoms with van der Waals surface area (Å²) in [5.74, 6) is 0.728. The molecule has 0 atom stereocenters. The first kappa shape index (κ1) is 12.4. The van der Waals surface area contributed by atoms with Crippen LogP contribution >= 0.6 is 0 Å². The van der Waals surface area contributed by atoms with Crippen LogP contribution in [-0.2, 0) is 4.79 Å². The monoisotopic (exact) mass is 222 g/mol. The van der Waals surface area contributed by atoms with E-state index < -0.39 is 0 Å². The van der Waals surface area contributed by atoms with Gasteiger partial charge in [0.15, 0.2) is 0 Å². The fraction of sp³-hybridized carbons (Fsp3) is 0.455. The second kappa shape index (κ2) is 6.07. The molecule has 0 saturated heterocycles. The predicted octanol–water partition coefficient (Wildman–Crippen LogP) is 1.01. The van der Waals surface area contributed by atoms with E-state index in [-0.39, 0.29) is 5.91 Å². The van der Waals surface area contributed by atoms with E-state index in [0.717, 1.165) is 18.9 Å². The van der Waals surface area contributed by atoms with E-state index in [1.54, 1.807) is 6.20 Å². The molecule has 5 nitrogen and oxygen atoms in total. The lowest BCUT2D eigenvalue weighted by Crippen LogP contribution is -2.21. The summed E-state index contributed by atoms with van der Waals surface area (Å²) in [6, 6.07) is 3.67. The van der Waals surface area contributed by atoms with Crippen LogP contribution in [0.25, 0.3) is 0 Å². The Labute approximate surface area is 95.9 Å². The van der Waals surface area contributed by atoms with Gasteiger partial charge < -0.3 is 15.5 Å². The molecule has 1 rings (SSSR count). The Morgan fingerprint density at radius 2 is 2.19 bits per heavy atom. The van der Waals surface area contributed by atoms with Gasteiger partial charge in [-0.2, -0.15) is 0 Å². The average Bonchev–Trinajstić information content (AvgIpc) is 2.19. The third-order valence-corrected chi connectivity index (χ3v) is 1.95. The van der Waals surface area contributed by atoms with Crippen LogP contribution in [0.15, 0.2) is 18.3 Å². The summed E-state index contributed by atoms with van der Waals surface area (Å²) in [5.41, 5.74) is 0.714. The highest BCUT2D eigenvalue weighted by atomic mass is 16.1. The maximum Gasteiger partial charge on any atom is 0.221 e. The van der Waals surface area contributed by atoms with Crippen molar-refractivity contribution in [2.45, 2.75) is 6.92 Å². The van der Waals surface area contributed by atoms with Gasteiger partial charge in [0.05, 0.1) is 11.9 Å². The van der Waals surface area contributed by atoms with Crippen molar-refractivity contribution < 1.29 is 4.79 Å². The van der Waals surface area contributed by atoms with Crippen molar-refractivity contribution in [3.8, 4) is 0 Å². The SMILES string of the molecule is CC(=O)Nc1ccc(NCCN(C)C)nc1. The van der Waals surface area contributed by atoms with Crippen molar-refractivity contribution in [3.05, 3.63) is 18.3 Å². The second-order valence-corrected chi connectivity index (χ2v) is 3.84. The first-order valence-corrected chi connectivity index (χ1v) is 5.20. The molecule has 1 amide bonds. The molecule has 1 aromatic heterocycles. The number of carbonyl (C=O) groups excluding carboxylic acids is 1. The van der Waals surface area contributed by atoms with Crippen LogP contribution in [0.1, 0.15) is 6.92 Å². The Bertz CT molecular complexity index is 334. The number of nitrogens with one attached hydrogen (secondary N) is 2. The molecule has 0 aromatic carbocycles. The molecule has 0 aliphatic carbocycles. The second-order valence-electron chi connectivity index (χ2n) is 3.84. The number of carbonyl (C=O) groups is 1. The van der Waals surface area contributed by atoms with E-state index in [0.29, 0.717) is 5.69 Å². The lowest BCUT2D eigenvalue weighted by Gasteiger charge is -2.11. The highest BCUT2D eigenvalue weighted by Gasteiger charge is 1.97. The Kier molecular flexibility index (Phi) is 4.72. The van der Waals surface area contributed by atoms with E-state index in [4.69, 9.17) is 0 Å². The van der Waals surface area contributed by atoms with Gasteiger partial charge in [-0.05, 0) is 26.2 Å². The highest BCUT2D eigenvalue weighted by molar-refractivity contribution is 5.88. The molecule has 0 saturated carbocycles. The molecule has 0 fully saturated rings. The molecule has 88 valence electrons. The molecule has 1 heterocycles. The summed E-state index contributed by atoms with van der Waals surface area (Å²) in [4.78, 5) is 17.1.